The minimum absolute atomic E-state index is 0.00571. The summed E-state index contributed by atoms with van der Waals surface area (Å²) in [5.74, 6) is -1.38. The third kappa shape index (κ3) is 3.26. The Morgan fingerprint density at radius 2 is 1.87 bits per heavy atom. The molecule has 7 nitrogen and oxygen atoms in total. The van der Waals surface area contributed by atoms with E-state index in [4.69, 9.17) is 4.42 Å². The number of carbonyl (C=O) groups is 2. The van der Waals surface area contributed by atoms with Crippen LogP contribution in [0, 0.1) is 5.82 Å². The molecule has 0 saturated carbocycles. The van der Waals surface area contributed by atoms with Crippen LogP contribution in [0.25, 0.3) is 0 Å². The lowest BCUT2D eigenvalue weighted by Gasteiger charge is -2.06. The Bertz CT molecular complexity index is 825. The van der Waals surface area contributed by atoms with Crippen molar-refractivity contribution >= 4 is 23.2 Å². The molecule has 23 heavy (non-hydrogen) atoms. The summed E-state index contributed by atoms with van der Waals surface area (Å²) in [6.07, 6.45) is 4.04. The van der Waals surface area contributed by atoms with E-state index in [0.29, 0.717) is 11.3 Å². The third-order valence-electron chi connectivity index (χ3n) is 2.99. The number of aromatic amines is 1. The van der Waals surface area contributed by atoms with Gasteiger partial charge in [-0.15, -0.1) is 0 Å². The van der Waals surface area contributed by atoms with Crippen LogP contribution in [0.15, 0.2) is 53.5 Å². The van der Waals surface area contributed by atoms with Crippen LogP contribution < -0.4 is 10.6 Å². The zero-order valence-corrected chi connectivity index (χ0v) is 11.7. The monoisotopic (exact) mass is 314 g/mol. The van der Waals surface area contributed by atoms with Gasteiger partial charge < -0.3 is 15.1 Å². The van der Waals surface area contributed by atoms with E-state index in [2.05, 4.69) is 20.8 Å². The van der Waals surface area contributed by atoms with E-state index in [1.54, 1.807) is 0 Å². The fraction of sp³-hybridized carbons (Fsp3) is 0. The number of nitrogens with one attached hydrogen (secondary N) is 3. The Labute approximate surface area is 129 Å². The minimum atomic E-state index is -0.541. The molecule has 0 aliphatic heterocycles. The first-order chi connectivity index (χ1) is 11.1. The molecule has 2 heterocycles. The molecule has 3 aromatic rings. The van der Waals surface area contributed by atoms with Crippen molar-refractivity contribution in [2.24, 2.45) is 0 Å². The maximum atomic E-state index is 12.9. The molecule has 2 aromatic heterocycles. The Kier molecular flexibility index (Phi) is 3.88. The number of benzene rings is 1. The molecule has 1 aromatic carbocycles. The number of aromatic nitrogens is 2. The number of amides is 2. The molecule has 0 atom stereocenters. The number of halogens is 1. The molecule has 0 aliphatic rings. The van der Waals surface area contributed by atoms with Gasteiger partial charge in [-0.05, 0) is 30.3 Å². The standard InChI is InChI=1S/C15H11FN4O3/c16-10-1-3-11(4-2-10)18-15(22)13-12(7-17-20-13)19-14(21)9-5-6-23-8-9/h1-8H,(H,17,20)(H,18,22)(H,19,21). The van der Waals surface area contributed by atoms with E-state index >= 15 is 0 Å². The van der Waals surface area contributed by atoms with Gasteiger partial charge in [-0.2, -0.15) is 5.10 Å². The van der Waals surface area contributed by atoms with Gasteiger partial charge in [-0.3, -0.25) is 14.7 Å². The fourth-order valence-electron chi connectivity index (χ4n) is 1.87. The van der Waals surface area contributed by atoms with Gasteiger partial charge in [0.05, 0.1) is 17.5 Å². The van der Waals surface area contributed by atoms with Gasteiger partial charge in [0.15, 0.2) is 5.69 Å². The summed E-state index contributed by atoms with van der Waals surface area (Å²) in [6, 6.07) is 6.78. The molecule has 0 aliphatic carbocycles. The lowest BCUT2D eigenvalue weighted by atomic mass is 10.2. The average Bonchev–Trinajstić information content (AvgIpc) is 3.20. The van der Waals surface area contributed by atoms with Crippen LogP contribution in [0.5, 0.6) is 0 Å². The largest absolute Gasteiger partial charge is 0.472 e. The first kappa shape index (κ1) is 14.5. The van der Waals surface area contributed by atoms with Gasteiger partial charge in [-0.25, -0.2) is 4.39 Å². The van der Waals surface area contributed by atoms with Gasteiger partial charge in [0, 0.05) is 11.9 Å². The number of hydrogen-bond acceptors (Lipinski definition) is 4. The Hall–Kier alpha value is -3.42. The quantitative estimate of drug-likeness (QED) is 0.689. The Balaban J connectivity index is 1.73. The molecule has 0 radical (unpaired) electrons. The number of hydrogen-bond donors (Lipinski definition) is 3. The van der Waals surface area contributed by atoms with Crippen molar-refractivity contribution in [1.82, 2.24) is 10.2 Å². The molecule has 3 rings (SSSR count). The van der Waals surface area contributed by atoms with Gasteiger partial charge in [0.25, 0.3) is 11.8 Å². The molecule has 0 spiro atoms. The predicted octanol–water partition coefficient (Wildman–Crippen LogP) is 2.65. The molecular formula is C15H11FN4O3. The van der Waals surface area contributed by atoms with Crippen molar-refractivity contribution < 1.29 is 18.4 Å². The van der Waals surface area contributed by atoms with Crippen LogP contribution in [0.1, 0.15) is 20.8 Å². The first-order valence-corrected chi connectivity index (χ1v) is 6.58. The van der Waals surface area contributed by atoms with Crippen LogP contribution in [0.4, 0.5) is 15.8 Å². The highest BCUT2D eigenvalue weighted by Gasteiger charge is 2.18. The van der Waals surface area contributed by atoms with Crippen molar-refractivity contribution in [1.29, 1.82) is 0 Å². The number of rotatable bonds is 4. The molecule has 116 valence electrons. The van der Waals surface area contributed by atoms with Crippen LogP contribution in [0.3, 0.4) is 0 Å². The summed E-state index contributed by atoms with van der Waals surface area (Å²) in [6.45, 7) is 0. The lowest BCUT2D eigenvalue weighted by molar-refractivity contribution is 0.102. The van der Waals surface area contributed by atoms with Crippen molar-refractivity contribution in [2.75, 3.05) is 10.6 Å². The zero-order valence-electron chi connectivity index (χ0n) is 11.7. The topological polar surface area (TPSA) is 100 Å². The number of H-pyrrole nitrogens is 1. The second-order valence-corrected chi connectivity index (χ2v) is 4.57. The zero-order chi connectivity index (χ0) is 16.2. The highest BCUT2D eigenvalue weighted by atomic mass is 19.1. The molecular weight excluding hydrogens is 303 g/mol. The van der Waals surface area contributed by atoms with E-state index < -0.39 is 17.6 Å². The highest BCUT2D eigenvalue weighted by molar-refractivity contribution is 6.11. The normalized spacial score (nSPS) is 10.3. The fourth-order valence-corrected chi connectivity index (χ4v) is 1.87. The summed E-state index contributed by atoms with van der Waals surface area (Å²) in [4.78, 5) is 24.1. The number of furan rings is 1. The maximum absolute atomic E-state index is 12.9. The molecule has 0 unspecified atom stereocenters. The van der Waals surface area contributed by atoms with Crippen molar-refractivity contribution in [3.63, 3.8) is 0 Å². The van der Waals surface area contributed by atoms with Crippen molar-refractivity contribution in [2.45, 2.75) is 0 Å². The summed E-state index contributed by atoms with van der Waals surface area (Å²) in [5.41, 5.74) is 0.949. The molecule has 8 heteroatoms. The van der Waals surface area contributed by atoms with E-state index in [1.165, 1.54) is 49.1 Å². The van der Waals surface area contributed by atoms with Crippen LogP contribution in [0.2, 0.25) is 0 Å². The molecule has 0 saturated heterocycles. The summed E-state index contributed by atoms with van der Waals surface area (Å²) in [7, 11) is 0. The minimum Gasteiger partial charge on any atom is -0.472 e. The first-order valence-electron chi connectivity index (χ1n) is 6.58. The second-order valence-electron chi connectivity index (χ2n) is 4.57. The second kappa shape index (κ2) is 6.14. The van der Waals surface area contributed by atoms with Gasteiger partial charge in [-0.1, -0.05) is 0 Å². The third-order valence-corrected chi connectivity index (χ3v) is 2.99. The van der Waals surface area contributed by atoms with Gasteiger partial charge in [0.1, 0.15) is 12.1 Å². The Morgan fingerprint density at radius 1 is 1.09 bits per heavy atom. The van der Waals surface area contributed by atoms with Crippen molar-refractivity contribution in [3.8, 4) is 0 Å². The Morgan fingerprint density at radius 3 is 2.57 bits per heavy atom. The summed E-state index contributed by atoms with van der Waals surface area (Å²) in [5, 5.41) is 11.4. The number of nitrogens with zero attached hydrogens (tertiary/aromatic N) is 1. The molecule has 2 amide bonds. The summed E-state index contributed by atoms with van der Waals surface area (Å²) >= 11 is 0. The van der Waals surface area contributed by atoms with Crippen LogP contribution in [-0.2, 0) is 0 Å². The van der Waals surface area contributed by atoms with E-state index in [9.17, 15) is 14.0 Å². The maximum Gasteiger partial charge on any atom is 0.278 e. The molecule has 3 N–H and O–H groups in total. The number of carbonyl (C=O) groups excluding carboxylic acids is 2. The highest BCUT2D eigenvalue weighted by Crippen LogP contribution is 2.16. The van der Waals surface area contributed by atoms with Crippen molar-refractivity contribution in [3.05, 3.63) is 66.1 Å². The predicted molar refractivity (Wildman–Crippen MR) is 79.6 cm³/mol. The number of anilines is 2. The van der Waals surface area contributed by atoms with E-state index in [0.717, 1.165) is 0 Å². The lowest BCUT2D eigenvalue weighted by Crippen LogP contribution is -2.17. The smallest absolute Gasteiger partial charge is 0.278 e. The average molecular weight is 314 g/mol. The van der Waals surface area contributed by atoms with E-state index in [-0.39, 0.29) is 11.4 Å². The molecule has 0 bridgehead atoms. The van der Waals surface area contributed by atoms with Gasteiger partial charge >= 0.3 is 0 Å². The van der Waals surface area contributed by atoms with Crippen LogP contribution in [-0.4, -0.2) is 22.0 Å². The van der Waals surface area contributed by atoms with Gasteiger partial charge in [0.2, 0.25) is 0 Å². The SMILES string of the molecule is O=C(Nc1c[nH]nc1C(=O)Nc1ccc(F)cc1)c1ccoc1. The molecule has 0 fully saturated rings. The summed E-state index contributed by atoms with van der Waals surface area (Å²) < 4.78 is 17.7. The van der Waals surface area contributed by atoms with E-state index in [1.807, 2.05) is 0 Å². The van der Waals surface area contributed by atoms with Crippen LogP contribution >= 0.6 is 0 Å².